The third-order valence-electron chi connectivity index (χ3n) is 1.98. The molecule has 0 N–H and O–H groups in total. The van der Waals surface area contributed by atoms with Gasteiger partial charge >= 0.3 is 12.1 Å². The highest BCUT2D eigenvalue weighted by molar-refractivity contribution is 5.65. The summed E-state index contributed by atoms with van der Waals surface area (Å²) in [6, 6.07) is 0. The van der Waals surface area contributed by atoms with Crippen LogP contribution in [0.5, 0.6) is 0 Å². The lowest BCUT2D eigenvalue weighted by atomic mass is 10.1. The summed E-state index contributed by atoms with van der Waals surface area (Å²) in [4.78, 5) is 21.0. The Kier molecular flexibility index (Phi) is 9.46. The van der Waals surface area contributed by atoms with Gasteiger partial charge in [0.1, 0.15) is 0 Å². The fourth-order valence-electron chi connectivity index (χ4n) is 1.16. The molecule has 0 spiro atoms. The number of carbonyl (C=O) groups excluding carboxylic acids is 2. The van der Waals surface area contributed by atoms with Crippen molar-refractivity contribution in [1.29, 1.82) is 0 Å². The molecule has 0 saturated carbocycles. The topological polar surface area (TPSA) is 61.8 Å². The molecule has 0 saturated heterocycles. The van der Waals surface area contributed by atoms with E-state index < -0.39 is 6.16 Å². The molecule has 5 nitrogen and oxygen atoms in total. The van der Waals surface area contributed by atoms with Gasteiger partial charge in [-0.2, -0.15) is 0 Å². The first-order valence-electron chi connectivity index (χ1n) is 5.51. The van der Waals surface area contributed by atoms with Crippen LogP contribution in [0.2, 0.25) is 0 Å². The van der Waals surface area contributed by atoms with Crippen LogP contribution in [0.4, 0.5) is 4.79 Å². The fourth-order valence-corrected chi connectivity index (χ4v) is 1.16. The number of methoxy groups -OCH3 is 1. The average Bonchev–Trinajstić information content (AvgIpc) is 2.26. The van der Waals surface area contributed by atoms with Crippen LogP contribution in [-0.4, -0.2) is 32.4 Å². The highest BCUT2D eigenvalue weighted by atomic mass is 16.7. The van der Waals surface area contributed by atoms with E-state index in [0.717, 1.165) is 32.1 Å². The SMILES string of the molecule is COC(=O)OCCCCCCCOC(C)=O. The lowest BCUT2D eigenvalue weighted by Gasteiger charge is -2.03. The van der Waals surface area contributed by atoms with Crippen LogP contribution in [0.25, 0.3) is 0 Å². The van der Waals surface area contributed by atoms with Gasteiger partial charge in [-0.15, -0.1) is 0 Å². The summed E-state index contributed by atoms with van der Waals surface area (Å²) in [6.45, 7) is 2.30. The molecule has 16 heavy (non-hydrogen) atoms. The first-order chi connectivity index (χ1) is 7.66. The third kappa shape index (κ3) is 10.8. The molecule has 0 aliphatic heterocycles. The van der Waals surface area contributed by atoms with Gasteiger partial charge in [-0.25, -0.2) is 4.79 Å². The minimum Gasteiger partial charge on any atom is -0.466 e. The molecule has 0 rings (SSSR count). The summed E-state index contributed by atoms with van der Waals surface area (Å²) >= 11 is 0. The maximum atomic E-state index is 10.6. The Morgan fingerprint density at radius 1 is 0.875 bits per heavy atom. The Balaban J connectivity index is 3.04. The number of hydrogen-bond donors (Lipinski definition) is 0. The molecule has 5 heteroatoms. The molecular weight excluding hydrogens is 212 g/mol. The van der Waals surface area contributed by atoms with Crippen LogP contribution < -0.4 is 0 Å². The molecule has 0 aromatic carbocycles. The molecule has 0 unspecified atom stereocenters. The van der Waals surface area contributed by atoms with Gasteiger partial charge in [0.05, 0.1) is 20.3 Å². The Morgan fingerprint density at radius 2 is 1.38 bits per heavy atom. The zero-order valence-corrected chi connectivity index (χ0v) is 9.99. The van der Waals surface area contributed by atoms with Crippen molar-refractivity contribution in [3.63, 3.8) is 0 Å². The van der Waals surface area contributed by atoms with Crippen molar-refractivity contribution in [2.24, 2.45) is 0 Å². The van der Waals surface area contributed by atoms with Crippen molar-refractivity contribution >= 4 is 12.1 Å². The van der Waals surface area contributed by atoms with Crippen molar-refractivity contribution in [1.82, 2.24) is 0 Å². The van der Waals surface area contributed by atoms with Gasteiger partial charge in [-0.1, -0.05) is 19.3 Å². The van der Waals surface area contributed by atoms with Crippen molar-refractivity contribution in [2.75, 3.05) is 20.3 Å². The third-order valence-corrected chi connectivity index (χ3v) is 1.98. The van der Waals surface area contributed by atoms with Gasteiger partial charge < -0.3 is 14.2 Å². The Morgan fingerprint density at radius 3 is 1.88 bits per heavy atom. The maximum absolute atomic E-state index is 10.6. The van der Waals surface area contributed by atoms with Crippen LogP contribution in [0.15, 0.2) is 0 Å². The molecular formula is C11H20O5. The van der Waals surface area contributed by atoms with Crippen LogP contribution in [0, 0.1) is 0 Å². The van der Waals surface area contributed by atoms with E-state index in [9.17, 15) is 9.59 Å². The highest BCUT2D eigenvalue weighted by Gasteiger charge is 1.99. The summed E-state index contributed by atoms with van der Waals surface area (Å²) < 4.78 is 13.8. The smallest absolute Gasteiger partial charge is 0.466 e. The second-order valence-corrected chi connectivity index (χ2v) is 3.41. The van der Waals surface area contributed by atoms with Crippen molar-refractivity contribution in [3.05, 3.63) is 0 Å². The molecule has 0 bridgehead atoms. The van der Waals surface area contributed by atoms with E-state index in [1.807, 2.05) is 0 Å². The first-order valence-corrected chi connectivity index (χ1v) is 5.51. The van der Waals surface area contributed by atoms with Gasteiger partial charge in [-0.05, 0) is 12.8 Å². The zero-order chi connectivity index (χ0) is 12.2. The van der Waals surface area contributed by atoms with E-state index in [2.05, 4.69) is 4.74 Å². The van der Waals surface area contributed by atoms with Gasteiger partial charge in [0, 0.05) is 6.92 Å². The largest absolute Gasteiger partial charge is 0.507 e. The monoisotopic (exact) mass is 232 g/mol. The van der Waals surface area contributed by atoms with E-state index in [4.69, 9.17) is 9.47 Å². The predicted molar refractivity (Wildman–Crippen MR) is 58.1 cm³/mol. The molecule has 94 valence electrons. The van der Waals surface area contributed by atoms with E-state index in [1.165, 1.54) is 14.0 Å². The second kappa shape index (κ2) is 10.3. The number of carbonyl (C=O) groups is 2. The lowest BCUT2D eigenvalue weighted by Crippen LogP contribution is -2.05. The predicted octanol–water partition coefficient (Wildman–Crippen LogP) is 2.28. The lowest BCUT2D eigenvalue weighted by molar-refractivity contribution is -0.141. The summed E-state index contributed by atoms with van der Waals surface area (Å²) in [5, 5.41) is 0. The molecule has 0 fully saturated rings. The summed E-state index contributed by atoms with van der Waals surface area (Å²) in [7, 11) is 1.29. The summed E-state index contributed by atoms with van der Waals surface area (Å²) in [5.74, 6) is -0.230. The first kappa shape index (κ1) is 14.7. The molecule has 0 aromatic heterocycles. The molecule has 0 aromatic rings. The van der Waals surface area contributed by atoms with Gasteiger partial charge in [-0.3, -0.25) is 4.79 Å². The molecule has 0 radical (unpaired) electrons. The number of unbranched alkanes of at least 4 members (excludes halogenated alkanes) is 4. The van der Waals surface area contributed by atoms with Crippen molar-refractivity contribution in [3.8, 4) is 0 Å². The molecule has 0 aliphatic carbocycles. The molecule has 0 amide bonds. The second-order valence-electron chi connectivity index (χ2n) is 3.41. The van der Waals surface area contributed by atoms with Crippen LogP contribution in [0.3, 0.4) is 0 Å². The maximum Gasteiger partial charge on any atom is 0.507 e. The van der Waals surface area contributed by atoms with Crippen LogP contribution in [-0.2, 0) is 19.0 Å². The Hall–Kier alpha value is -1.26. The minimum atomic E-state index is -0.630. The van der Waals surface area contributed by atoms with E-state index in [0.29, 0.717) is 13.2 Å². The summed E-state index contributed by atoms with van der Waals surface area (Å²) in [5.41, 5.74) is 0. The molecule has 0 heterocycles. The van der Waals surface area contributed by atoms with Gasteiger partial charge in [0.25, 0.3) is 0 Å². The Labute approximate surface area is 96.1 Å². The molecule has 0 atom stereocenters. The number of rotatable bonds is 8. The van der Waals surface area contributed by atoms with Crippen molar-refractivity contribution in [2.45, 2.75) is 39.0 Å². The average molecular weight is 232 g/mol. The minimum absolute atomic E-state index is 0.230. The van der Waals surface area contributed by atoms with Crippen molar-refractivity contribution < 1.29 is 23.8 Å². The molecule has 0 aliphatic rings. The number of hydrogen-bond acceptors (Lipinski definition) is 5. The standard InChI is InChI=1S/C11H20O5/c1-10(12)15-8-6-4-3-5-7-9-16-11(13)14-2/h3-9H2,1-2H3. The zero-order valence-electron chi connectivity index (χ0n) is 9.99. The van der Waals surface area contributed by atoms with E-state index >= 15 is 0 Å². The number of ether oxygens (including phenoxy) is 3. The fraction of sp³-hybridized carbons (Fsp3) is 0.818. The normalized spacial score (nSPS) is 9.62. The van der Waals surface area contributed by atoms with Crippen LogP contribution in [0.1, 0.15) is 39.0 Å². The quantitative estimate of drug-likeness (QED) is 0.474. The van der Waals surface area contributed by atoms with Gasteiger partial charge in [0.2, 0.25) is 0 Å². The van der Waals surface area contributed by atoms with E-state index in [1.54, 1.807) is 0 Å². The highest BCUT2D eigenvalue weighted by Crippen LogP contribution is 2.03. The van der Waals surface area contributed by atoms with E-state index in [-0.39, 0.29) is 5.97 Å². The van der Waals surface area contributed by atoms with Gasteiger partial charge in [0.15, 0.2) is 0 Å². The summed E-state index contributed by atoms with van der Waals surface area (Å²) in [6.07, 6.45) is 4.16. The Bertz CT molecular complexity index is 203. The van der Waals surface area contributed by atoms with Crippen LogP contribution >= 0.6 is 0 Å². The number of esters is 1.